The smallest absolute Gasteiger partial charge is 0.257 e. The monoisotopic (exact) mass is 373 g/mol. The van der Waals surface area contributed by atoms with Gasteiger partial charge >= 0.3 is 0 Å². The second kappa shape index (κ2) is 8.29. The van der Waals surface area contributed by atoms with Crippen LogP contribution in [-0.4, -0.2) is 36.1 Å². The van der Waals surface area contributed by atoms with Crippen LogP contribution in [0.25, 0.3) is 0 Å². The zero-order chi connectivity index (χ0) is 18.5. The van der Waals surface area contributed by atoms with Crippen LogP contribution in [0.2, 0.25) is 5.02 Å². The third-order valence-corrected chi connectivity index (χ3v) is 4.70. The molecule has 2 heterocycles. The molecule has 0 spiro atoms. The summed E-state index contributed by atoms with van der Waals surface area (Å²) in [6.07, 6.45) is 4.88. The van der Waals surface area contributed by atoms with Gasteiger partial charge in [-0.1, -0.05) is 17.7 Å². The van der Waals surface area contributed by atoms with Crippen molar-refractivity contribution in [1.82, 2.24) is 10.3 Å². The van der Waals surface area contributed by atoms with E-state index in [0.29, 0.717) is 28.4 Å². The number of nitrogens with one attached hydrogen (secondary N) is 2. The molecule has 0 saturated carbocycles. The van der Waals surface area contributed by atoms with E-state index in [9.17, 15) is 9.59 Å². The highest BCUT2D eigenvalue weighted by Crippen LogP contribution is 2.23. The first-order chi connectivity index (χ1) is 12.5. The number of rotatable bonds is 5. The highest BCUT2D eigenvalue weighted by molar-refractivity contribution is 6.31. The van der Waals surface area contributed by atoms with Gasteiger partial charge in [-0.2, -0.15) is 0 Å². The van der Waals surface area contributed by atoms with Gasteiger partial charge < -0.3 is 15.4 Å². The molecule has 2 amide bonds. The van der Waals surface area contributed by atoms with Gasteiger partial charge in [-0.3, -0.25) is 14.6 Å². The van der Waals surface area contributed by atoms with E-state index < -0.39 is 0 Å². The van der Waals surface area contributed by atoms with Gasteiger partial charge in [-0.05, 0) is 43.5 Å². The van der Waals surface area contributed by atoms with Crippen LogP contribution in [0.5, 0.6) is 0 Å². The van der Waals surface area contributed by atoms with Crippen LogP contribution < -0.4 is 10.6 Å². The van der Waals surface area contributed by atoms with Crippen molar-refractivity contribution in [1.29, 1.82) is 0 Å². The molecule has 2 N–H and O–H groups in total. The minimum atomic E-state index is -0.350. The second-order valence-electron chi connectivity index (χ2n) is 6.17. The van der Waals surface area contributed by atoms with Gasteiger partial charge in [0.1, 0.15) is 0 Å². The Labute approximate surface area is 156 Å². The van der Waals surface area contributed by atoms with Gasteiger partial charge in [0.15, 0.2) is 0 Å². The number of nitrogens with zero attached hydrogens (tertiary/aromatic N) is 1. The molecule has 1 saturated heterocycles. The Morgan fingerprint density at radius 3 is 2.77 bits per heavy atom. The number of hydrogen-bond donors (Lipinski definition) is 2. The van der Waals surface area contributed by atoms with E-state index in [4.69, 9.17) is 16.3 Å². The summed E-state index contributed by atoms with van der Waals surface area (Å²) in [4.78, 5) is 28.8. The van der Waals surface area contributed by atoms with Crippen LogP contribution in [0.1, 0.15) is 39.1 Å². The van der Waals surface area contributed by atoms with Gasteiger partial charge in [-0.15, -0.1) is 0 Å². The molecule has 6 nitrogen and oxygen atoms in total. The van der Waals surface area contributed by atoms with Crippen molar-refractivity contribution in [3.05, 3.63) is 58.4 Å². The largest absolute Gasteiger partial charge is 0.376 e. The number of ether oxygens (including phenoxy) is 1. The fraction of sp³-hybridized carbons (Fsp3) is 0.316. The maximum Gasteiger partial charge on any atom is 0.257 e. The Morgan fingerprint density at radius 2 is 2.04 bits per heavy atom. The third kappa shape index (κ3) is 4.39. The molecule has 1 fully saturated rings. The molecule has 1 aliphatic heterocycles. The van der Waals surface area contributed by atoms with E-state index in [1.807, 2.05) is 6.92 Å². The lowest BCUT2D eigenvalue weighted by molar-refractivity contribution is 0.0857. The average molecular weight is 374 g/mol. The van der Waals surface area contributed by atoms with Crippen molar-refractivity contribution in [2.24, 2.45) is 0 Å². The Morgan fingerprint density at radius 1 is 1.27 bits per heavy atom. The molecule has 136 valence electrons. The lowest BCUT2D eigenvalue weighted by Gasteiger charge is -2.12. The molecule has 1 aliphatic rings. The molecule has 0 aliphatic carbocycles. The molecule has 1 aromatic carbocycles. The fourth-order valence-corrected chi connectivity index (χ4v) is 2.91. The van der Waals surface area contributed by atoms with Crippen molar-refractivity contribution < 1.29 is 14.3 Å². The Balaban J connectivity index is 1.66. The molecule has 0 radical (unpaired) electrons. The van der Waals surface area contributed by atoms with Gasteiger partial charge in [0.2, 0.25) is 0 Å². The maximum absolute atomic E-state index is 12.5. The van der Waals surface area contributed by atoms with E-state index >= 15 is 0 Å². The second-order valence-corrected chi connectivity index (χ2v) is 6.58. The molecule has 3 rings (SSSR count). The lowest BCUT2D eigenvalue weighted by Crippen LogP contribution is -2.32. The molecule has 26 heavy (non-hydrogen) atoms. The van der Waals surface area contributed by atoms with E-state index in [1.54, 1.807) is 18.2 Å². The van der Waals surface area contributed by atoms with Gasteiger partial charge in [0.05, 0.1) is 17.2 Å². The van der Waals surface area contributed by atoms with Crippen LogP contribution in [-0.2, 0) is 4.74 Å². The SMILES string of the molecule is Cc1c(Cl)cccc1NC(=O)c1cncc(C(=O)NCC2CCCO2)c1. The summed E-state index contributed by atoms with van der Waals surface area (Å²) >= 11 is 6.07. The predicted molar refractivity (Wildman–Crippen MR) is 99.7 cm³/mol. The summed E-state index contributed by atoms with van der Waals surface area (Å²) in [6.45, 7) is 3.02. The number of hydrogen-bond acceptors (Lipinski definition) is 4. The minimum absolute atomic E-state index is 0.0594. The predicted octanol–water partition coefficient (Wildman–Crippen LogP) is 3.20. The number of anilines is 1. The number of halogens is 1. The first-order valence-corrected chi connectivity index (χ1v) is 8.83. The van der Waals surface area contributed by atoms with Gasteiger partial charge in [-0.25, -0.2) is 0 Å². The summed E-state index contributed by atoms with van der Waals surface area (Å²) in [5, 5.41) is 6.19. The van der Waals surface area contributed by atoms with Crippen LogP contribution in [0, 0.1) is 6.92 Å². The van der Waals surface area contributed by atoms with Gasteiger partial charge in [0.25, 0.3) is 11.8 Å². The molecule has 2 aromatic rings. The van der Waals surface area contributed by atoms with Crippen molar-refractivity contribution in [3.8, 4) is 0 Å². The van der Waals surface area contributed by atoms with Crippen LogP contribution in [0.15, 0.2) is 36.7 Å². The summed E-state index contributed by atoms with van der Waals surface area (Å²) in [5.41, 5.74) is 2.03. The zero-order valence-corrected chi connectivity index (χ0v) is 15.2. The fourth-order valence-electron chi connectivity index (χ4n) is 2.74. The molecular formula is C19H20ClN3O3. The Bertz CT molecular complexity index is 819. The molecule has 1 aromatic heterocycles. The number of aromatic nitrogens is 1. The van der Waals surface area contributed by atoms with Crippen molar-refractivity contribution in [2.45, 2.75) is 25.9 Å². The first kappa shape index (κ1) is 18.4. The average Bonchev–Trinajstić information content (AvgIpc) is 3.17. The normalized spacial score (nSPS) is 16.3. The van der Waals surface area contributed by atoms with Crippen molar-refractivity contribution >= 4 is 29.1 Å². The van der Waals surface area contributed by atoms with Crippen LogP contribution >= 0.6 is 11.6 Å². The van der Waals surface area contributed by atoms with E-state index in [2.05, 4.69) is 15.6 Å². The van der Waals surface area contributed by atoms with E-state index in [-0.39, 0.29) is 17.9 Å². The van der Waals surface area contributed by atoms with Crippen molar-refractivity contribution in [2.75, 3.05) is 18.5 Å². The summed E-state index contributed by atoms with van der Waals surface area (Å²) < 4.78 is 5.48. The summed E-state index contributed by atoms with van der Waals surface area (Å²) in [6, 6.07) is 6.81. The maximum atomic E-state index is 12.5. The molecule has 1 atom stereocenters. The number of carbonyl (C=O) groups excluding carboxylic acids is 2. The standard InChI is InChI=1S/C19H20ClN3O3/c1-12-16(20)5-2-6-17(12)23-19(25)14-8-13(9-21-10-14)18(24)22-11-15-4-3-7-26-15/h2,5-6,8-10,15H,3-4,7,11H2,1H3,(H,22,24)(H,23,25). The Kier molecular flexibility index (Phi) is 5.85. The minimum Gasteiger partial charge on any atom is -0.376 e. The Hall–Kier alpha value is -2.44. The van der Waals surface area contributed by atoms with Crippen LogP contribution in [0.3, 0.4) is 0 Å². The molecule has 0 bridgehead atoms. The van der Waals surface area contributed by atoms with E-state index in [0.717, 1.165) is 25.0 Å². The van der Waals surface area contributed by atoms with Gasteiger partial charge in [0, 0.05) is 36.3 Å². The summed E-state index contributed by atoms with van der Waals surface area (Å²) in [5.74, 6) is -0.627. The molecule has 1 unspecified atom stereocenters. The zero-order valence-electron chi connectivity index (χ0n) is 14.4. The first-order valence-electron chi connectivity index (χ1n) is 8.46. The topological polar surface area (TPSA) is 80.3 Å². The number of carbonyl (C=O) groups is 2. The number of amides is 2. The number of benzene rings is 1. The van der Waals surface area contributed by atoms with Crippen LogP contribution in [0.4, 0.5) is 5.69 Å². The van der Waals surface area contributed by atoms with E-state index in [1.165, 1.54) is 18.5 Å². The quantitative estimate of drug-likeness (QED) is 0.843. The highest BCUT2D eigenvalue weighted by atomic mass is 35.5. The summed E-state index contributed by atoms with van der Waals surface area (Å²) in [7, 11) is 0. The highest BCUT2D eigenvalue weighted by Gasteiger charge is 2.18. The van der Waals surface area contributed by atoms with Crippen molar-refractivity contribution in [3.63, 3.8) is 0 Å². The molecule has 7 heteroatoms. The molecular weight excluding hydrogens is 354 g/mol. The lowest BCUT2D eigenvalue weighted by atomic mass is 10.1. The number of pyridine rings is 1. The third-order valence-electron chi connectivity index (χ3n) is 4.29.